The first-order chi connectivity index (χ1) is 20.3. The van der Waals surface area contributed by atoms with E-state index in [1.807, 2.05) is 48.5 Å². The van der Waals surface area contributed by atoms with Crippen LogP contribution in [-0.4, -0.2) is 11.7 Å². The van der Waals surface area contributed by atoms with Crippen LogP contribution in [-0.2, 0) is 0 Å². The van der Waals surface area contributed by atoms with Gasteiger partial charge in [-0.3, -0.25) is 0 Å². The van der Waals surface area contributed by atoms with Gasteiger partial charge in [-0.05, 0) is 51.7 Å². The average Bonchev–Trinajstić information content (AvgIpc) is 3.43. The summed E-state index contributed by atoms with van der Waals surface area (Å²) < 4.78 is 6.35. The van der Waals surface area contributed by atoms with Gasteiger partial charge in [0.2, 0.25) is 0 Å². The van der Waals surface area contributed by atoms with E-state index in [4.69, 9.17) is 14.4 Å². The Morgan fingerprint density at radius 1 is 0.537 bits per heavy atom. The number of para-hydroxylation sites is 1. The molecule has 4 heteroatoms. The summed E-state index contributed by atoms with van der Waals surface area (Å²) in [7, 11) is 0. The monoisotopic (exact) mass is 527 g/mol. The largest absolute Gasteiger partial charge is 0.456 e. The molecule has 2 heterocycles. The first-order valence-corrected chi connectivity index (χ1v) is 13.8. The number of benzene rings is 6. The molecule has 0 saturated carbocycles. The van der Waals surface area contributed by atoms with Gasteiger partial charge in [-0.25, -0.2) is 9.98 Å². The number of aliphatic imine (C=N–C) groups is 2. The zero-order valence-corrected chi connectivity index (χ0v) is 22.2. The van der Waals surface area contributed by atoms with Crippen LogP contribution in [0.25, 0.3) is 43.8 Å². The van der Waals surface area contributed by atoms with Crippen LogP contribution < -0.4 is 5.32 Å². The summed E-state index contributed by atoms with van der Waals surface area (Å²) in [5.74, 6) is 1.56. The molecule has 1 N–H and O–H groups in total. The number of rotatable bonds is 4. The van der Waals surface area contributed by atoms with E-state index >= 15 is 0 Å². The smallest absolute Gasteiger partial charge is 0.169 e. The fourth-order valence-electron chi connectivity index (χ4n) is 5.75. The molecule has 1 aromatic heterocycles. The second kappa shape index (κ2) is 9.61. The van der Waals surface area contributed by atoms with Gasteiger partial charge in [0.15, 0.2) is 6.17 Å². The van der Waals surface area contributed by atoms with E-state index in [1.54, 1.807) is 0 Å². The predicted octanol–water partition coefficient (Wildman–Crippen LogP) is 8.90. The molecule has 0 bridgehead atoms. The molecule has 1 unspecified atom stereocenters. The number of nitrogens with zero attached hydrogens (tertiary/aromatic N) is 2. The van der Waals surface area contributed by atoms with E-state index in [0.29, 0.717) is 0 Å². The van der Waals surface area contributed by atoms with Gasteiger partial charge < -0.3 is 9.73 Å². The van der Waals surface area contributed by atoms with Crippen molar-refractivity contribution in [1.29, 1.82) is 0 Å². The molecule has 0 amide bonds. The van der Waals surface area contributed by atoms with E-state index in [-0.39, 0.29) is 6.17 Å². The summed E-state index contributed by atoms with van der Waals surface area (Å²) >= 11 is 0. The SMILES string of the molecule is c1ccc(C2=NC(c3ccccc3)N=C(c3c(-c4ccc5ccccc5c4)ccc4oc5ccccc5c34)N2)cc1. The summed E-state index contributed by atoms with van der Waals surface area (Å²) in [6.07, 6.45) is -0.388. The molecule has 0 fully saturated rings. The van der Waals surface area contributed by atoms with E-state index in [0.717, 1.165) is 61.4 Å². The van der Waals surface area contributed by atoms with Crippen LogP contribution >= 0.6 is 0 Å². The van der Waals surface area contributed by atoms with Gasteiger partial charge in [0.1, 0.15) is 22.8 Å². The lowest BCUT2D eigenvalue weighted by Gasteiger charge is -2.24. The zero-order valence-electron chi connectivity index (χ0n) is 22.2. The van der Waals surface area contributed by atoms with Crippen LogP contribution in [0.3, 0.4) is 0 Å². The Morgan fingerprint density at radius 3 is 2.10 bits per heavy atom. The van der Waals surface area contributed by atoms with Crippen molar-refractivity contribution in [3.05, 3.63) is 156 Å². The van der Waals surface area contributed by atoms with Crippen LogP contribution in [0.5, 0.6) is 0 Å². The molecule has 4 nitrogen and oxygen atoms in total. The van der Waals surface area contributed by atoms with Gasteiger partial charge in [-0.1, -0.05) is 115 Å². The Hall–Kier alpha value is -5.48. The Labute approximate surface area is 237 Å². The summed E-state index contributed by atoms with van der Waals surface area (Å²) in [5, 5.41) is 8.14. The van der Waals surface area contributed by atoms with Gasteiger partial charge in [-0.15, -0.1) is 0 Å². The highest BCUT2D eigenvalue weighted by molar-refractivity contribution is 6.26. The Bertz CT molecular complexity index is 2120. The fourth-order valence-corrected chi connectivity index (χ4v) is 5.75. The third-order valence-electron chi connectivity index (χ3n) is 7.73. The first kappa shape index (κ1) is 23.4. The van der Waals surface area contributed by atoms with Crippen molar-refractivity contribution in [3.63, 3.8) is 0 Å². The topological polar surface area (TPSA) is 49.9 Å². The molecule has 0 aliphatic carbocycles. The van der Waals surface area contributed by atoms with E-state index in [2.05, 4.69) is 96.3 Å². The van der Waals surface area contributed by atoms with Crippen LogP contribution in [0.15, 0.2) is 154 Å². The lowest BCUT2D eigenvalue weighted by Crippen LogP contribution is -2.36. The molecule has 7 aromatic rings. The lowest BCUT2D eigenvalue weighted by atomic mass is 9.92. The van der Waals surface area contributed by atoms with Gasteiger partial charge in [0, 0.05) is 21.9 Å². The minimum absolute atomic E-state index is 0.388. The molecular weight excluding hydrogens is 502 g/mol. The van der Waals surface area contributed by atoms with Gasteiger partial charge in [0.25, 0.3) is 0 Å². The lowest BCUT2D eigenvalue weighted by molar-refractivity contribution is 0.669. The summed E-state index contributed by atoms with van der Waals surface area (Å²) in [5.41, 5.74) is 6.95. The molecule has 0 spiro atoms. The highest BCUT2D eigenvalue weighted by atomic mass is 16.3. The minimum atomic E-state index is -0.388. The fraction of sp³-hybridized carbons (Fsp3) is 0.0270. The first-order valence-electron chi connectivity index (χ1n) is 13.8. The van der Waals surface area contributed by atoms with Crippen molar-refractivity contribution in [2.45, 2.75) is 6.17 Å². The van der Waals surface area contributed by atoms with Crippen LogP contribution in [0.1, 0.15) is 22.9 Å². The highest BCUT2D eigenvalue weighted by Crippen LogP contribution is 2.39. The van der Waals surface area contributed by atoms with Crippen LogP contribution in [0.4, 0.5) is 0 Å². The average molecular weight is 528 g/mol. The Kier molecular flexibility index (Phi) is 5.49. The number of furan rings is 1. The number of nitrogens with one attached hydrogen (secondary N) is 1. The second-order valence-corrected chi connectivity index (χ2v) is 10.3. The van der Waals surface area contributed by atoms with Crippen molar-refractivity contribution < 1.29 is 4.42 Å². The van der Waals surface area contributed by atoms with Crippen LogP contribution in [0, 0.1) is 0 Å². The molecular formula is C37H25N3O. The maximum atomic E-state index is 6.35. The molecule has 0 radical (unpaired) electrons. The molecule has 194 valence electrons. The van der Waals surface area contributed by atoms with Crippen molar-refractivity contribution in [2.75, 3.05) is 0 Å². The van der Waals surface area contributed by atoms with Gasteiger partial charge in [0.05, 0.1) is 0 Å². The second-order valence-electron chi connectivity index (χ2n) is 10.3. The number of fused-ring (bicyclic) bond motifs is 4. The Balaban J connectivity index is 1.41. The molecule has 1 aliphatic rings. The number of amidine groups is 2. The molecule has 1 atom stereocenters. The molecule has 6 aromatic carbocycles. The normalized spacial score (nSPS) is 15.1. The van der Waals surface area contributed by atoms with Crippen molar-refractivity contribution in [3.8, 4) is 11.1 Å². The van der Waals surface area contributed by atoms with E-state index in [9.17, 15) is 0 Å². The number of hydrogen-bond acceptors (Lipinski definition) is 4. The van der Waals surface area contributed by atoms with Crippen molar-refractivity contribution >= 4 is 44.4 Å². The maximum absolute atomic E-state index is 6.35. The zero-order chi connectivity index (χ0) is 27.2. The van der Waals surface area contributed by atoms with Crippen molar-refractivity contribution in [1.82, 2.24) is 5.32 Å². The minimum Gasteiger partial charge on any atom is -0.456 e. The van der Waals surface area contributed by atoms with Crippen molar-refractivity contribution in [2.24, 2.45) is 9.98 Å². The molecule has 8 rings (SSSR count). The quantitative estimate of drug-likeness (QED) is 0.248. The molecule has 0 saturated heterocycles. The maximum Gasteiger partial charge on any atom is 0.169 e. The third kappa shape index (κ3) is 4.09. The van der Waals surface area contributed by atoms with Gasteiger partial charge >= 0.3 is 0 Å². The predicted molar refractivity (Wildman–Crippen MR) is 168 cm³/mol. The third-order valence-corrected chi connectivity index (χ3v) is 7.73. The van der Waals surface area contributed by atoms with E-state index in [1.165, 1.54) is 10.8 Å². The summed E-state index contributed by atoms with van der Waals surface area (Å²) in [6.45, 7) is 0. The standard InChI is InChI=1S/C37H25N3O/c1-3-12-25(13-4-1)35-38-36(26-14-5-2-6-15-26)40-37(39-35)34-29(28-20-19-24-11-7-8-16-27(24)23-28)21-22-32-33(34)30-17-9-10-18-31(30)41-32/h1-23,35H,(H,38,39,40). The summed E-state index contributed by atoms with van der Waals surface area (Å²) in [6, 6.07) is 48.1. The van der Waals surface area contributed by atoms with Crippen LogP contribution in [0.2, 0.25) is 0 Å². The number of hydrogen-bond donors (Lipinski definition) is 1. The highest BCUT2D eigenvalue weighted by Gasteiger charge is 2.26. The molecule has 1 aliphatic heterocycles. The Morgan fingerprint density at radius 2 is 1.24 bits per heavy atom. The van der Waals surface area contributed by atoms with Gasteiger partial charge in [-0.2, -0.15) is 0 Å². The molecule has 41 heavy (non-hydrogen) atoms. The van der Waals surface area contributed by atoms with E-state index < -0.39 is 0 Å². The summed E-state index contributed by atoms with van der Waals surface area (Å²) in [4.78, 5) is 10.3.